The van der Waals surface area contributed by atoms with Gasteiger partial charge in [-0.15, -0.1) is 6.42 Å². The SMILES string of the molecule is C#CCNC(=O)C(C)Oc1ccc(F)cc1CO. The van der Waals surface area contributed by atoms with Crippen molar-refractivity contribution in [3.63, 3.8) is 0 Å². The first-order valence-corrected chi connectivity index (χ1v) is 5.35. The van der Waals surface area contributed by atoms with Crippen LogP contribution in [0.3, 0.4) is 0 Å². The fraction of sp³-hybridized carbons (Fsp3) is 0.308. The van der Waals surface area contributed by atoms with Crippen molar-refractivity contribution in [3.8, 4) is 18.1 Å². The Bertz CT molecular complexity index is 468. The molecule has 18 heavy (non-hydrogen) atoms. The fourth-order valence-corrected chi connectivity index (χ4v) is 1.31. The van der Waals surface area contributed by atoms with Gasteiger partial charge in [-0.2, -0.15) is 0 Å². The highest BCUT2D eigenvalue weighted by atomic mass is 19.1. The van der Waals surface area contributed by atoms with E-state index < -0.39 is 11.9 Å². The molecule has 0 bridgehead atoms. The number of aliphatic hydroxyl groups is 1. The van der Waals surface area contributed by atoms with Gasteiger partial charge >= 0.3 is 0 Å². The van der Waals surface area contributed by atoms with E-state index in [0.717, 1.165) is 6.07 Å². The third-order valence-electron chi connectivity index (χ3n) is 2.23. The molecule has 0 aliphatic carbocycles. The summed E-state index contributed by atoms with van der Waals surface area (Å²) in [5.41, 5.74) is 0.284. The molecule has 96 valence electrons. The summed E-state index contributed by atoms with van der Waals surface area (Å²) in [5.74, 6) is 1.69. The average Bonchev–Trinajstić information content (AvgIpc) is 2.37. The molecule has 1 unspecified atom stereocenters. The number of ether oxygens (including phenoxy) is 1. The summed E-state index contributed by atoms with van der Waals surface area (Å²) in [4.78, 5) is 11.5. The van der Waals surface area contributed by atoms with Crippen molar-refractivity contribution in [2.75, 3.05) is 6.54 Å². The van der Waals surface area contributed by atoms with Crippen molar-refractivity contribution in [2.45, 2.75) is 19.6 Å². The highest BCUT2D eigenvalue weighted by Crippen LogP contribution is 2.20. The second-order valence-electron chi connectivity index (χ2n) is 3.59. The summed E-state index contributed by atoms with van der Waals surface area (Å²) in [6.07, 6.45) is 4.23. The molecule has 0 saturated carbocycles. The molecule has 0 aromatic heterocycles. The Balaban J connectivity index is 2.72. The lowest BCUT2D eigenvalue weighted by atomic mass is 10.2. The van der Waals surface area contributed by atoms with E-state index in [-0.39, 0.29) is 30.4 Å². The molecule has 2 N–H and O–H groups in total. The molecule has 1 amide bonds. The van der Waals surface area contributed by atoms with E-state index in [9.17, 15) is 9.18 Å². The number of hydrogen-bond donors (Lipinski definition) is 2. The molecule has 0 saturated heterocycles. The van der Waals surface area contributed by atoms with Crippen LogP contribution in [0.5, 0.6) is 5.75 Å². The molecule has 0 radical (unpaired) electrons. The van der Waals surface area contributed by atoms with Crippen molar-refractivity contribution in [2.24, 2.45) is 0 Å². The number of carbonyl (C=O) groups is 1. The number of aliphatic hydroxyl groups excluding tert-OH is 1. The second-order valence-corrected chi connectivity index (χ2v) is 3.59. The number of halogens is 1. The van der Waals surface area contributed by atoms with Crippen LogP contribution in [0.15, 0.2) is 18.2 Å². The summed E-state index contributed by atoms with van der Waals surface area (Å²) < 4.78 is 18.3. The Morgan fingerprint density at radius 3 is 3.00 bits per heavy atom. The lowest BCUT2D eigenvalue weighted by molar-refractivity contribution is -0.127. The zero-order chi connectivity index (χ0) is 13.5. The maximum Gasteiger partial charge on any atom is 0.261 e. The number of nitrogens with one attached hydrogen (secondary N) is 1. The first-order valence-electron chi connectivity index (χ1n) is 5.35. The molecule has 0 heterocycles. The molecule has 1 aromatic rings. The molecule has 4 nitrogen and oxygen atoms in total. The van der Waals surface area contributed by atoms with Gasteiger partial charge in [-0.1, -0.05) is 5.92 Å². The van der Waals surface area contributed by atoms with Crippen molar-refractivity contribution in [3.05, 3.63) is 29.6 Å². The van der Waals surface area contributed by atoms with Crippen LogP contribution in [0.25, 0.3) is 0 Å². The zero-order valence-electron chi connectivity index (χ0n) is 9.94. The number of terminal acetylenes is 1. The molecule has 0 spiro atoms. The van der Waals surface area contributed by atoms with Gasteiger partial charge in [0.1, 0.15) is 11.6 Å². The van der Waals surface area contributed by atoms with E-state index in [1.54, 1.807) is 0 Å². The Morgan fingerprint density at radius 2 is 2.39 bits per heavy atom. The monoisotopic (exact) mass is 251 g/mol. The van der Waals surface area contributed by atoms with Gasteiger partial charge in [-0.05, 0) is 25.1 Å². The molecular weight excluding hydrogens is 237 g/mol. The van der Waals surface area contributed by atoms with Gasteiger partial charge in [0, 0.05) is 5.56 Å². The van der Waals surface area contributed by atoms with E-state index in [4.69, 9.17) is 16.3 Å². The van der Waals surface area contributed by atoms with Gasteiger partial charge in [-0.25, -0.2) is 4.39 Å². The topological polar surface area (TPSA) is 58.6 Å². The van der Waals surface area contributed by atoms with Crippen molar-refractivity contribution in [1.29, 1.82) is 0 Å². The minimum Gasteiger partial charge on any atom is -0.481 e. The molecule has 5 heteroatoms. The van der Waals surface area contributed by atoms with Crippen LogP contribution in [0.1, 0.15) is 12.5 Å². The number of benzene rings is 1. The van der Waals surface area contributed by atoms with Gasteiger partial charge in [0.25, 0.3) is 5.91 Å². The molecular formula is C13H14FNO3. The van der Waals surface area contributed by atoms with Crippen LogP contribution in [0, 0.1) is 18.2 Å². The minimum atomic E-state index is -0.783. The highest BCUT2D eigenvalue weighted by molar-refractivity contribution is 5.80. The lowest BCUT2D eigenvalue weighted by Gasteiger charge is -2.16. The van der Waals surface area contributed by atoms with E-state index in [0.29, 0.717) is 0 Å². The van der Waals surface area contributed by atoms with Crippen LogP contribution < -0.4 is 10.1 Å². The Kier molecular flexibility index (Phi) is 5.15. The first-order chi connectivity index (χ1) is 8.58. The van der Waals surface area contributed by atoms with E-state index in [1.807, 2.05) is 0 Å². The van der Waals surface area contributed by atoms with E-state index in [2.05, 4.69) is 11.2 Å². The molecule has 0 aliphatic heterocycles. The number of rotatable bonds is 5. The Morgan fingerprint density at radius 1 is 1.67 bits per heavy atom. The van der Waals surface area contributed by atoms with Crippen molar-refractivity contribution < 1.29 is 19.0 Å². The average molecular weight is 251 g/mol. The third-order valence-corrected chi connectivity index (χ3v) is 2.23. The molecule has 0 fully saturated rings. The van der Waals surface area contributed by atoms with Gasteiger partial charge in [-0.3, -0.25) is 4.79 Å². The molecule has 1 atom stereocenters. The summed E-state index contributed by atoms with van der Waals surface area (Å²) in [6.45, 7) is 1.28. The molecule has 1 rings (SSSR count). The van der Waals surface area contributed by atoms with Gasteiger partial charge in [0.2, 0.25) is 0 Å². The summed E-state index contributed by atoms with van der Waals surface area (Å²) >= 11 is 0. The van der Waals surface area contributed by atoms with Crippen LogP contribution in [-0.2, 0) is 11.4 Å². The summed E-state index contributed by atoms with van der Waals surface area (Å²) in [5, 5.41) is 11.5. The quantitative estimate of drug-likeness (QED) is 0.762. The van der Waals surface area contributed by atoms with Crippen LogP contribution in [-0.4, -0.2) is 23.7 Å². The largest absolute Gasteiger partial charge is 0.481 e. The molecule has 0 aliphatic rings. The van der Waals surface area contributed by atoms with Crippen LogP contribution in [0.4, 0.5) is 4.39 Å². The predicted octanol–water partition coefficient (Wildman–Crippen LogP) is 0.835. The second kappa shape index (κ2) is 6.62. The number of amides is 1. The summed E-state index contributed by atoms with van der Waals surface area (Å²) in [6, 6.07) is 3.72. The maximum atomic E-state index is 12.9. The minimum absolute atomic E-state index is 0.114. The highest BCUT2D eigenvalue weighted by Gasteiger charge is 2.15. The standard InChI is InChI=1S/C13H14FNO3/c1-3-6-15-13(17)9(2)18-12-5-4-11(14)7-10(12)8-16/h1,4-5,7,9,16H,6,8H2,2H3,(H,15,17). The first kappa shape index (κ1) is 14.0. The smallest absolute Gasteiger partial charge is 0.261 e. The van der Waals surface area contributed by atoms with E-state index in [1.165, 1.54) is 19.1 Å². The van der Waals surface area contributed by atoms with Crippen molar-refractivity contribution in [1.82, 2.24) is 5.32 Å². The maximum absolute atomic E-state index is 12.9. The van der Waals surface area contributed by atoms with E-state index >= 15 is 0 Å². The van der Waals surface area contributed by atoms with Gasteiger partial charge in [0.05, 0.1) is 13.2 Å². The lowest BCUT2D eigenvalue weighted by Crippen LogP contribution is -2.36. The van der Waals surface area contributed by atoms with Gasteiger partial charge < -0.3 is 15.2 Å². The fourth-order valence-electron chi connectivity index (χ4n) is 1.31. The molecule has 1 aromatic carbocycles. The number of hydrogen-bond acceptors (Lipinski definition) is 3. The zero-order valence-corrected chi connectivity index (χ0v) is 9.94. The third kappa shape index (κ3) is 3.75. The summed E-state index contributed by atoms with van der Waals surface area (Å²) in [7, 11) is 0. The Labute approximate surface area is 105 Å². The van der Waals surface area contributed by atoms with Crippen LogP contribution >= 0.6 is 0 Å². The van der Waals surface area contributed by atoms with Gasteiger partial charge in [0.15, 0.2) is 6.10 Å². The van der Waals surface area contributed by atoms with Crippen molar-refractivity contribution >= 4 is 5.91 Å². The van der Waals surface area contributed by atoms with Crippen LogP contribution in [0.2, 0.25) is 0 Å². The Hall–Kier alpha value is -2.06. The predicted molar refractivity (Wildman–Crippen MR) is 64.3 cm³/mol. The number of carbonyl (C=O) groups excluding carboxylic acids is 1. The normalized spacial score (nSPS) is 11.4.